The number of rotatable bonds is 3. The summed E-state index contributed by atoms with van der Waals surface area (Å²) >= 11 is 0. The maximum atomic E-state index is 13.6. The summed E-state index contributed by atoms with van der Waals surface area (Å²) in [7, 11) is 0. The van der Waals surface area contributed by atoms with Crippen LogP contribution in [-0.4, -0.2) is 11.7 Å². The Bertz CT molecular complexity index is 1240. The normalized spacial score (nSPS) is 20.8. The van der Waals surface area contributed by atoms with Crippen LogP contribution in [0.15, 0.2) is 84.1 Å². The number of nitrogens with zero attached hydrogens (tertiary/aromatic N) is 1. The predicted octanol–water partition coefficient (Wildman–Crippen LogP) is 6.36. The first-order valence-electron chi connectivity index (χ1n) is 11.4. The van der Waals surface area contributed by atoms with Crippen molar-refractivity contribution in [3.63, 3.8) is 0 Å². The molecule has 0 fully saturated rings. The topological polar surface area (TPSA) is 37.4 Å². The summed E-state index contributed by atoms with van der Waals surface area (Å²) in [6.45, 7) is 4.03. The number of hydrogen-bond donors (Lipinski definition) is 0. The minimum absolute atomic E-state index is 0.0191. The quantitative estimate of drug-likeness (QED) is 0.476. The average molecular weight is 440 g/mol. The fraction of sp³-hybridized carbons (Fsp3) is 0.241. The number of allylic oxidation sites excluding steroid dienone is 2. The van der Waals surface area contributed by atoms with Crippen LogP contribution in [0.5, 0.6) is 0 Å². The van der Waals surface area contributed by atoms with Gasteiger partial charge in [0.25, 0.3) is 0 Å². The number of hydrogen-bond acceptors (Lipinski definition) is 2. The molecule has 1 aliphatic carbocycles. The maximum absolute atomic E-state index is 13.6. The highest BCUT2D eigenvalue weighted by Gasteiger charge is 2.42. The number of benzene rings is 3. The van der Waals surface area contributed by atoms with Crippen LogP contribution in [-0.2, 0) is 9.59 Å². The molecular formula is C29H26FNO2. The van der Waals surface area contributed by atoms with E-state index in [4.69, 9.17) is 0 Å². The Morgan fingerprint density at radius 1 is 0.788 bits per heavy atom. The van der Waals surface area contributed by atoms with E-state index in [2.05, 4.69) is 6.07 Å². The second kappa shape index (κ2) is 8.43. The lowest BCUT2D eigenvalue weighted by Crippen LogP contribution is -2.41. The Hall–Kier alpha value is -3.53. The number of aryl methyl sites for hydroxylation is 2. The molecule has 0 saturated heterocycles. The molecular weight excluding hydrogens is 413 g/mol. The van der Waals surface area contributed by atoms with E-state index < -0.39 is 0 Å². The first-order chi connectivity index (χ1) is 15.9. The minimum atomic E-state index is -0.348. The zero-order chi connectivity index (χ0) is 23.1. The fourth-order valence-electron chi connectivity index (χ4n) is 5.36. The summed E-state index contributed by atoms with van der Waals surface area (Å²) in [6.07, 6.45) is 1.22. The van der Waals surface area contributed by atoms with Gasteiger partial charge in [0.15, 0.2) is 5.78 Å². The monoisotopic (exact) mass is 439 g/mol. The van der Waals surface area contributed by atoms with Crippen LogP contribution in [0.3, 0.4) is 0 Å². The van der Waals surface area contributed by atoms with E-state index in [-0.39, 0.29) is 35.8 Å². The second-order valence-corrected chi connectivity index (χ2v) is 9.18. The molecule has 2 aliphatic rings. The smallest absolute Gasteiger partial charge is 0.232 e. The Kier molecular flexibility index (Phi) is 5.45. The van der Waals surface area contributed by atoms with Crippen molar-refractivity contribution in [2.75, 3.05) is 4.90 Å². The van der Waals surface area contributed by atoms with Crippen molar-refractivity contribution in [1.82, 2.24) is 0 Å². The van der Waals surface area contributed by atoms with Crippen LogP contribution in [0, 0.1) is 19.7 Å². The molecule has 0 spiro atoms. The zero-order valence-corrected chi connectivity index (χ0v) is 18.8. The molecule has 0 aromatic heterocycles. The van der Waals surface area contributed by atoms with Gasteiger partial charge in [0.05, 0.1) is 0 Å². The summed E-state index contributed by atoms with van der Waals surface area (Å²) in [6, 6.07) is 22.3. The van der Waals surface area contributed by atoms with E-state index in [1.54, 1.807) is 17.0 Å². The first kappa shape index (κ1) is 21.3. The van der Waals surface area contributed by atoms with Gasteiger partial charge in [-0.1, -0.05) is 48.5 Å². The van der Waals surface area contributed by atoms with Crippen molar-refractivity contribution < 1.29 is 14.0 Å². The van der Waals surface area contributed by atoms with Crippen molar-refractivity contribution >= 4 is 17.4 Å². The molecule has 3 nitrogen and oxygen atoms in total. The van der Waals surface area contributed by atoms with Crippen LogP contribution in [0.4, 0.5) is 10.1 Å². The van der Waals surface area contributed by atoms with Gasteiger partial charge >= 0.3 is 0 Å². The largest absolute Gasteiger partial charge is 0.294 e. The molecule has 2 unspecified atom stereocenters. The maximum Gasteiger partial charge on any atom is 0.232 e. The molecule has 1 heterocycles. The van der Waals surface area contributed by atoms with E-state index in [1.807, 2.05) is 56.3 Å². The zero-order valence-electron chi connectivity index (χ0n) is 18.8. The second-order valence-electron chi connectivity index (χ2n) is 9.18. The van der Waals surface area contributed by atoms with Gasteiger partial charge in [0.2, 0.25) is 5.91 Å². The van der Waals surface area contributed by atoms with Crippen molar-refractivity contribution in [3.05, 3.63) is 112 Å². The van der Waals surface area contributed by atoms with Gasteiger partial charge in [0.1, 0.15) is 5.82 Å². The molecule has 166 valence electrons. The lowest BCUT2D eigenvalue weighted by Gasteiger charge is -2.40. The third kappa shape index (κ3) is 4.02. The van der Waals surface area contributed by atoms with Crippen molar-refractivity contribution in [2.24, 2.45) is 0 Å². The minimum Gasteiger partial charge on any atom is -0.294 e. The van der Waals surface area contributed by atoms with E-state index in [9.17, 15) is 14.0 Å². The Morgan fingerprint density at radius 2 is 1.45 bits per heavy atom. The molecule has 1 aliphatic heterocycles. The van der Waals surface area contributed by atoms with Gasteiger partial charge < -0.3 is 0 Å². The van der Waals surface area contributed by atoms with E-state index in [0.29, 0.717) is 18.4 Å². The van der Waals surface area contributed by atoms with Gasteiger partial charge in [-0.25, -0.2) is 4.39 Å². The van der Waals surface area contributed by atoms with Gasteiger partial charge in [-0.3, -0.25) is 14.5 Å². The lowest BCUT2D eigenvalue weighted by atomic mass is 9.72. The molecule has 5 rings (SSSR count). The highest BCUT2D eigenvalue weighted by atomic mass is 19.1. The molecule has 3 aromatic carbocycles. The molecule has 4 heteroatoms. The number of anilines is 1. The number of halogens is 1. The average Bonchev–Trinajstić information content (AvgIpc) is 2.78. The predicted molar refractivity (Wildman–Crippen MR) is 128 cm³/mol. The van der Waals surface area contributed by atoms with Gasteiger partial charge in [-0.05, 0) is 72.7 Å². The molecule has 33 heavy (non-hydrogen) atoms. The fourth-order valence-corrected chi connectivity index (χ4v) is 5.36. The molecule has 0 bridgehead atoms. The first-order valence-corrected chi connectivity index (χ1v) is 11.4. The summed E-state index contributed by atoms with van der Waals surface area (Å²) in [5.74, 6) is -0.618. The molecule has 0 N–H and O–H groups in total. The number of amides is 1. The van der Waals surface area contributed by atoms with Crippen LogP contribution < -0.4 is 4.90 Å². The standard InChI is InChI=1S/C29H26FNO2/c1-18-12-19(2)14-24(13-18)31-26-15-22(20-6-4-3-5-7-20)16-27(32)29(26)25(17-28(31)33)21-8-10-23(30)11-9-21/h3-14,22,25H,15-17H2,1-2H3. The van der Waals surface area contributed by atoms with Crippen molar-refractivity contribution in [2.45, 2.75) is 44.9 Å². The summed E-state index contributed by atoms with van der Waals surface area (Å²) < 4.78 is 13.6. The van der Waals surface area contributed by atoms with Crippen LogP contribution >= 0.6 is 0 Å². The van der Waals surface area contributed by atoms with Gasteiger partial charge in [-0.15, -0.1) is 0 Å². The Balaban J connectivity index is 1.67. The molecule has 2 atom stereocenters. The molecule has 0 saturated carbocycles. The third-order valence-electron chi connectivity index (χ3n) is 6.74. The SMILES string of the molecule is Cc1cc(C)cc(N2C(=O)CC(c3ccc(F)cc3)C3=C2CC(c2ccccc2)CC3=O)c1. The number of ketones is 1. The van der Waals surface area contributed by atoms with Crippen LogP contribution in [0.25, 0.3) is 0 Å². The summed E-state index contributed by atoms with van der Waals surface area (Å²) in [4.78, 5) is 29.0. The van der Waals surface area contributed by atoms with E-state index in [1.165, 1.54) is 12.1 Å². The van der Waals surface area contributed by atoms with Crippen LogP contribution in [0.2, 0.25) is 0 Å². The lowest BCUT2D eigenvalue weighted by molar-refractivity contribution is -0.120. The third-order valence-corrected chi connectivity index (χ3v) is 6.74. The van der Waals surface area contributed by atoms with Crippen molar-refractivity contribution in [3.8, 4) is 0 Å². The van der Waals surface area contributed by atoms with Gasteiger partial charge in [0, 0.05) is 35.7 Å². The molecule has 3 aromatic rings. The molecule has 1 amide bonds. The van der Waals surface area contributed by atoms with Crippen LogP contribution in [0.1, 0.15) is 53.4 Å². The number of carbonyl (C=O) groups excluding carboxylic acids is 2. The Morgan fingerprint density at radius 3 is 2.12 bits per heavy atom. The molecule has 0 radical (unpaired) electrons. The Labute approximate surface area is 193 Å². The van der Waals surface area contributed by atoms with E-state index in [0.717, 1.165) is 33.6 Å². The summed E-state index contributed by atoms with van der Waals surface area (Å²) in [5.41, 5.74) is 6.36. The van der Waals surface area contributed by atoms with E-state index >= 15 is 0 Å². The number of carbonyl (C=O) groups is 2. The highest BCUT2D eigenvalue weighted by Crippen LogP contribution is 2.47. The van der Waals surface area contributed by atoms with Crippen molar-refractivity contribution in [1.29, 1.82) is 0 Å². The highest BCUT2D eigenvalue weighted by molar-refractivity contribution is 6.08. The number of Topliss-reactive ketones (excluding diaryl/α,β-unsaturated/α-hetero) is 1. The summed E-state index contributed by atoms with van der Waals surface area (Å²) in [5, 5.41) is 0. The van der Waals surface area contributed by atoms with Gasteiger partial charge in [-0.2, -0.15) is 0 Å².